The minimum atomic E-state index is -0.779. The van der Waals surface area contributed by atoms with Crippen molar-refractivity contribution in [3.63, 3.8) is 0 Å². The molecule has 0 aliphatic carbocycles. The van der Waals surface area contributed by atoms with Crippen molar-refractivity contribution in [3.05, 3.63) is 12.7 Å². The van der Waals surface area contributed by atoms with Crippen LogP contribution in [0.3, 0.4) is 0 Å². The number of nitrogens with zero attached hydrogens (tertiary/aromatic N) is 1. The molecule has 3 nitrogen and oxygen atoms in total. The lowest BCUT2D eigenvalue weighted by Crippen LogP contribution is -2.34. The van der Waals surface area contributed by atoms with E-state index in [2.05, 4.69) is 20.4 Å². The van der Waals surface area contributed by atoms with Gasteiger partial charge in [0, 0.05) is 11.8 Å². The largest absolute Gasteiger partial charge is 0.389 e. The van der Waals surface area contributed by atoms with Crippen LogP contribution in [0.2, 0.25) is 0 Å². The fourth-order valence-corrected chi connectivity index (χ4v) is 3.01. The van der Waals surface area contributed by atoms with Gasteiger partial charge >= 0.3 is 0 Å². The first-order chi connectivity index (χ1) is 7.45. The molecule has 1 N–H and O–H groups in total. The molecule has 1 rings (SSSR count). The minimum absolute atomic E-state index is 0.0645. The maximum atomic E-state index is 11.8. The van der Waals surface area contributed by atoms with Gasteiger partial charge < -0.3 is 5.11 Å². The number of carbonyl (C=O) groups excluding carboxylic acids is 1. The van der Waals surface area contributed by atoms with E-state index in [4.69, 9.17) is 12.2 Å². The molecule has 1 amide bonds. The first kappa shape index (κ1) is 13.7. The Bertz CT molecular complexity index is 304. The number of aliphatic hydroxyl groups excluding tert-OH is 1. The van der Waals surface area contributed by atoms with Crippen LogP contribution in [0, 0.1) is 5.92 Å². The molecular weight excluding hydrogens is 242 g/mol. The van der Waals surface area contributed by atoms with Crippen molar-refractivity contribution in [2.75, 3.05) is 6.54 Å². The Kier molecular flexibility index (Phi) is 4.95. The highest BCUT2D eigenvalue weighted by Crippen LogP contribution is 2.31. The van der Waals surface area contributed by atoms with Crippen molar-refractivity contribution in [1.82, 2.24) is 4.90 Å². The maximum Gasteiger partial charge on any atom is 0.230 e. The molecule has 1 heterocycles. The summed E-state index contributed by atoms with van der Waals surface area (Å²) < 4.78 is 0.625. The van der Waals surface area contributed by atoms with Gasteiger partial charge in [-0.3, -0.25) is 9.69 Å². The van der Waals surface area contributed by atoms with Gasteiger partial charge in [-0.1, -0.05) is 43.9 Å². The lowest BCUT2D eigenvalue weighted by atomic mass is 10.1. The summed E-state index contributed by atoms with van der Waals surface area (Å²) in [4.78, 5) is 13.4. The molecule has 0 bridgehead atoms. The van der Waals surface area contributed by atoms with E-state index >= 15 is 0 Å². The van der Waals surface area contributed by atoms with E-state index in [1.807, 2.05) is 0 Å². The number of carbonyl (C=O) groups is 1. The summed E-state index contributed by atoms with van der Waals surface area (Å²) in [7, 11) is 0. The second-order valence-electron chi connectivity index (χ2n) is 4.18. The van der Waals surface area contributed by atoms with Crippen molar-refractivity contribution in [2.24, 2.45) is 5.92 Å². The van der Waals surface area contributed by atoms with E-state index in [1.165, 1.54) is 6.08 Å². The molecule has 2 atom stereocenters. The topological polar surface area (TPSA) is 40.5 Å². The standard InChI is InChI=1S/C11H17NO2S2/c1-4-8(13)5-10(14)12-6-9(7(2)3)16-11(12)15/h4,7-9,13H,1,5-6H2,2-3H3/t8-,9-/m1/s1. The smallest absolute Gasteiger partial charge is 0.230 e. The second-order valence-corrected chi connectivity index (χ2v) is 6.05. The summed E-state index contributed by atoms with van der Waals surface area (Å²) in [6.45, 7) is 8.34. The lowest BCUT2D eigenvalue weighted by molar-refractivity contribution is -0.128. The Morgan fingerprint density at radius 3 is 2.88 bits per heavy atom. The van der Waals surface area contributed by atoms with E-state index < -0.39 is 6.10 Å². The zero-order valence-electron chi connectivity index (χ0n) is 9.55. The van der Waals surface area contributed by atoms with E-state index in [0.29, 0.717) is 22.0 Å². The van der Waals surface area contributed by atoms with E-state index in [9.17, 15) is 9.90 Å². The van der Waals surface area contributed by atoms with Crippen molar-refractivity contribution < 1.29 is 9.90 Å². The molecule has 16 heavy (non-hydrogen) atoms. The Morgan fingerprint density at radius 2 is 2.44 bits per heavy atom. The molecule has 1 aliphatic rings. The van der Waals surface area contributed by atoms with Gasteiger partial charge in [-0.2, -0.15) is 0 Å². The first-order valence-corrected chi connectivity index (χ1v) is 6.56. The molecule has 1 fully saturated rings. The van der Waals surface area contributed by atoms with Crippen LogP contribution in [-0.2, 0) is 4.79 Å². The maximum absolute atomic E-state index is 11.8. The molecule has 1 aliphatic heterocycles. The minimum Gasteiger partial charge on any atom is -0.389 e. The molecule has 0 aromatic carbocycles. The summed E-state index contributed by atoms with van der Waals surface area (Å²) in [5.41, 5.74) is 0. The normalized spacial score (nSPS) is 22.6. The molecule has 1 saturated heterocycles. The molecule has 0 aromatic heterocycles. The number of hydrogen-bond donors (Lipinski definition) is 1. The SMILES string of the molecule is C=C[C@@H](O)CC(=O)N1C[C@H](C(C)C)SC1=S. The highest BCUT2D eigenvalue weighted by Gasteiger charge is 2.33. The monoisotopic (exact) mass is 259 g/mol. The molecule has 0 aromatic rings. The fourth-order valence-electron chi connectivity index (χ4n) is 1.41. The number of thiocarbonyl (C=S) groups is 1. The third kappa shape index (κ3) is 3.30. The fraction of sp³-hybridized carbons (Fsp3) is 0.636. The number of aliphatic hydroxyl groups is 1. The molecule has 0 spiro atoms. The Labute approximate surface area is 106 Å². The third-order valence-corrected chi connectivity index (χ3v) is 4.46. The van der Waals surface area contributed by atoms with Crippen molar-refractivity contribution in [2.45, 2.75) is 31.6 Å². The molecule has 90 valence electrons. The highest BCUT2D eigenvalue weighted by molar-refractivity contribution is 8.23. The van der Waals surface area contributed by atoms with Crippen LogP contribution in [0.4, 0.5) is 0 Å². The van der Waals surface area contributed by atoms with Crippen LogP contribution in [0.25, 0.3) is 0 Å². The number of hydrogen-bond acceptors (Lipinski definition) is 4. The Morgan fingerprint density at radius 1 is 1.81 bits per heavy atom. The highest BCUT2D eigenvalue weighted by atomic mass is 32.2. The van der Waals surface area contributed by atoms with Gasteiger partial charge in [0.15, 0.2) is 0 Å². The summed E-state index contributed by atoms with van der Waals surface area (Å²) >= 11 is 6.74. The van der Waals surface area contributed by atoms with E-state index in [-0.39, 0.29) is 12.3 Å². The second kappa shape index (κ2) is 5.80. The van der Waals surface area contributed by atoms with Gasteiger partial charge in [0.2, 0.25) is 5.91 Å². The molecule has 0 unspecified atom stereocenters. The van der Waals surface area contributed by atoms with Gasteiger partial charge in [0.1, 0.15) is 4.32 Å². The zero-order valence-corrected chi connectivity index (χ0v) is 11.2. The van der Waals surface area contributed by atoms with Crippen LogP contribution in [0.1, 0.15) is 20.3 Å². The molecule has 0 radical (unpaired) electrons. The van der Waals surface area contributed by atoms with E-state index in [0.717, 1.165) is 0 Å². The van der Waals surface area contributed by atoms with E-state index in [1.54, 1.807) is 16.7 Å². The quantitative estimate of drug-likeness (QED) is 0.617. The van der Waals surface area contributed by atoms with Gasteiger partial charge in [0.05, 0.1) is 12.5 Å². The number of rotatable bonds is 4. The van der Waals surface area contributed by atoms with Crippen molar-refractivity contribution >= 4 is 34.2 Å². The van der Waals surface area contributed by atoms with Gasteiger partial charge in [-0.15, -0.1) is 6.58 Å². The summed E-state index contributed by atoms with van der Waals surface area (Å²) in [5, 5.41) is 9.71. The first-order valence-electron chi connectivity index (χ1n) is 5.27. The van der Waals surface area contributed by atoms with Gasteiger partial charge in [0.25, 0.3) is 0 Å². The zero-order chi connectivity index (χ0) is 12.3. The van der Waals surface area contributed by atoms with Crippen molar-refractivity contribution in [1.29, 1.82) is 0 Å². The Hall–Kier alpha value is -0.390. The molecule has 5 heteroatoms. The van der Waals surface area contributed by atoms with Crippen LogP contribution >= 0.6 is 24.0 Å². The van der Waals surface area contributed by atoms with Crippen LogP contribution in [0.15, 0.2) is 12.7 Å². The number of thioether (sulfide) groups is 1. The predicted octanol–water partition coefficient (Wildman–Crippen LogP) is 1.81. The average molecular weight is 259 g/mol. The molecular formula is C11H17NO2S2. The summed E-state index contributed by atoms with van der Waals surface area (Å²) in [6.07, 6.45) is 0.650. The van der Waals surface area contributed by atoms with Crippen LogP contribution in [0.5, 0.6) is 0 Å². The number of amides is 1. The Balaban J connectivity index is 2.58. The van der Waals surface area contributed by atoms with Crippen molar-refractivity contribution in [3.8, 4) is 0 Å². The predicted molar refractivity (Wildman–Crippen MR) is 71.3 cm³/mol. The van der Waals surface area contributed by atoms with Gasteiger partial charge in [-0.25, -0.2) is 0 Å². The molecule has 0 saturated carbocycles. The average Bonchev–Trinajstić information content (AvgIpc) is 2.60. The van der Waals surface area contributed by atoms with Crippen LogP contribution in [-0.4, -0.2) is 38.1 Å². The van der Waals surface area contributed by atoms with Crippen LogP contribution < -0.4 is 0 Å². The van der Waals surface area contributed by atoms with Gasteiger partial charge in [-0.05, 0) is 5.92 Å². The summed E-state index contributed by atoms with van der Waals surface area (Å²) in [5.74, 6) is 0.373. The lowest BCUT2D eigenvalue weighted by Gasteiger charge is -2.17. The summed E-state index contributed by atoms with van der Waals surface area (Å²) in [6, 6.07) is 0. The third-order valence-electron chi connectivity index (χ3n) is 2.54.